The Labute approximate surface area is 201 Å². The number of hydrogen-bond donors (Lipinski definition) is 3. The summed E-state index contributed by atoms with van der Waals surface area (Å²) in [6.07, 6.45) is 1.42. The summed E-state index contributed by atoms with van der Waals surface area (Å²) in [5, 5.41) is 8.43. The van der Waals surface area contributed by atoms with Crippen molar-refractivity contribution in [1.82, 2.24) is 5.32 Å². The van der Waals surface area contributed by atoms with Gasteiger partial charge in [0.05, 0.1) is 19.1 Å². The number of rotatable bonds is 6. The first-order valence-corrected chi connectivity index (χ1v) is 10.7. The second-order valence-electron chi connectivity index (χ2n) is 7.20. The van der Waals surface area contributed by atoms with Gasteiger partial charge in [-0.1, -0.05) is 42.5 Å². The zero-order valence-corrected chi connectivity index (χ0v) is 19.0. The van der Waals surface area contributed by atoms with Gasteiger partial charge in [-0.15, -0.1) is 0 Å². The van der Waals surface area contributed by atoms with Crippen molar-refractivity contribution in [3.63, 3.8) is 0 Å². The first kappa shape index (κ1) is 22.8. The minimum atomic E-state index is -0.393. The fraction of sp³-hybridized carbons (Fsp3) is 0.0385. The van der Waals surface area contributed by atoms with Gasteiger partial charge in [-0.05, 0) is 65.8 Å². The van der Waals surface area contributed by atoms with Gasteiger partial charge in [-0.25, -0.2) is 0 Å². The van der Waals surface area contributed by atoms with E-state index in [4.69, 9.17) is 21.4 Å². The molecule has 1 aromatic heterocycles. The number of carbonyl (C=O) groups excluding carboxylic acids is 2. The highest BCUT2D eigenvalue weighted by molar-refractivity contribution is 7.80. The van der Waals surface area contributed by atoms with Crippen LogP contribution in [0.5, 0.6) is 5.75 Å². The predicted octanol–water partition coefficient (Wildman–Crippen LogP) is 5.33. The number of benzene rings is 3. The summed E-state index contributed by atoms with van der Waals surface area (Å²) in [5.41, 5.74) is 3.52. The molecule has 0 aliphatic carbocycles. The van der Waals surface area contributed by atoms with E-state index >= 15 is 0 Å². The van der Waals surface area contributed by atoms with Gasteiger partial charge in [0, 0.05) is 11.3 Å². The Morgan fingerprint density at radius 3 is 2.24 bits per heavy atom. The lowest BCUT2D eigenvalue weighted by atomic mass is 10.0. The van der Waals surface area contributed by atoms with Gasteiger partial charge >= 0.3 is 0 Å². The van der Waals surface area contributed by atoms with Crippen molar-refractivity contribution in [1.29, 1.82) is 0 Å². The third-order valence-corrected chi connectivity index (χ3v) is 5.14. The van der Waals surface area contributed by atoms with Gasteiger partial charge in [-0.2, -0.15) is 0 Å². The molecule has 1 heterocycles. The number of hydrogen-bond acceptors (Lipinski definition) is 5. The zero-order chi connectivity index (χ0) is 23.9. The number of methoxy groups -OCH3 is 1. The molecule has 0 bridgehead atoms. The smallest absolute Gasteiger partial charge is 0.291 e. The maximum absolute atomic E-state index is 12.7. The van der Waals surface area contributed by atoms with Crippen LogP contribution in [0.1, 0.15) is 20.9 Å². The van der Waals surface area contributed by atoms with E-state index in [9.17, 15) is 9.59 Å². The quantitative estimate of drug-likeness (QED) is 0.329. The number of amides is 2. The minimum Gasteiger partial charge on any atom is -0.495 e. The van der Waals surface area contributed by atoms with Gasteiger partial charge in [-0.3, -0.25) is 14.9 Å². The second kappa shape index (κ2) is 10.5. The molecule has 0 radical (unpaired) electrons. The van der Waals surface area contributed by atoms with Crippen molar-refractivity contribution >= 4 is 40.5 Å². The van der Waals surface area contributed by atoms with E-state index in [-0.39, 0.29) is 16.8 Å². The summed E-state index contributed by atoms with van der Waals surface area (Å²) < 4.78 is 10.5. The van der Waals surface area contributed by atoms with Crippen LogP contribution in [-0.4, -0.2) is 24.0 Å². The third-order valence-electron chi connectivity index (χ3n) is 4.93. The summed E-state index contributed by atoms with van der Waals surface area (Å²) in [6.45, 7) is 0. The van der Waals surface area contributed by atoms with Crippen molar-refractivity contribution in [3.8, 4) is 16.9 Å². The first-order chi connectivity index (χ1) is 16.5. The van der Waals surface area contributed by atoms with Crippen molar-refractivity contribution in [3.05, 3.63) is 103 Å². The highest BCUT2D eigenvalue weighted by Crippen LogP contribution is 2.28. The van der Waals surface area contributed by atoms with E-state index in [0.717, 1.165) is 11.1 Å². The van der Waals surface area contributed by atoms with Crippen LogP contribution in [0.15, 0.2) is 95.6 Å². The van der Waals surface area contributed by atoms with Crippen LogP contribution >= 0.6 is 12.2 Å². The molecule has 0 spiro atoms. The maximum Gasteiger partial charge on any atom is 0.291 e. The lowest BCUT2D eigenvalue weighted by Gasteiger charge is -2.14. The Bertz CT molecular complexity index is 1300. The molecule has 0 atom stereocenters. The van der Waals surface area contributed by atoms with E-state index in [2.05, 4.69) is 16.0 Å². The molecule has 3 N–H and O–H groups in total. The number of furan rings is 1. The second-order valence-corrected chi connectivity index (χ2v) is 7.61. The number of carbonyl (C=O) groups is 2. The Balaban J connectivity index is 1.41. The molecule has 170 valence electrons. The fourth-order valence-corrected chi connectivity index (χ4v) is 3.46. The van der Waals surface area contributed by atoms with E-state index in [1.807, 2.05) is 42.5 Å². The zero-order valence-electron chi connectivity index (χ0n) is 18.2. The van der Waals surface area contributed by atoms with Crippen molar-refractivity contribution in [2.45, 2.75) is 0 Å². The summed E-state index contributed by atoms with van der Waals surface area (Å²) in [7, 11) is 1.51. The highest BCUT2D eigenvalue weighted by atomic mass is 32.1. The standard InChI is InChI=1S/C26H21N3O4S/c1-32-22-14-13-20(27-25(31)23-8-5-15-33-23)16-21(22)28-26(34)29-24(30)19-11-9-18(10-12-19)17-6-3-2-4-7-17/h2-16H,1H3,(H,27,31)(H2,28,29,30,34). The molecule has 0 saturated heterocycles. The summed E-state index contributed by atoms with van der Waals surface area (Å²) >= 11 is 5.32. The van der Waals surface area contributed by atoms with E-state index in [1.54, 1.807) is 42.5 Å². The van der Waals surface area contributed by atoms with E-state index in [0.29, 0.717) is 22.7 Å². The van der Waals surface area contributed by atoms with Gasteiger partial charge in [0.1, 0.15) is 5.75 Å². The third kappa shape index (κ3) is 5.48. The van der Waals surface area contributed by atoms with Gasteiger partial charge < -0.3 is 19.8 Å². The largest absolute Gasteiger partial charge is 0.495 e. The molecule has 0 aliphatic heterocycles. The number of ether oxygens (including phenoxy) is 1. The van der Waals surface area contributed by atoms with Gasteiger partial charge in [0.25, 0.3) is 11.8 Å². The molecule has 4 aromatic rings. The van der Waals surface area contributed by atoms with Crippen LogP contribution in [0.4, 0.5) is 11.4 Å². The van der Waals surface area contributed by atoms with Crippen molar-refractivity contribution in [2.75, 3.05) is 17.7 Å². The van der Waals surface area contributed by atoms with Crippen LogP contribution in [0.3, 0.4) is 0 Å². The number of nitrogens with one attached hydrogen (secondary N) is 3. The lowest BCUT2D eigenvalue weighted by molar-refractivity contribution is 0.0975. The average Bonchev–Trinajstić information content (AvgIpc) is 3.40. The molecule has 34 heavy (non-hydrogen) atoms. The Morgan fingerprint density at radius 2 is 1.56 bits per heavy atom. The van der Waals surface area contributed by atoms with Crippen LogP contribution in [0, 0.1) is 0 Å². The minimum absolute atomic E-state index is 0.0879. The SMILES string of the molecule is COc1ccc(NC(=O)c2ccco2)cc1NC(=S)NC(=O)c1ccc(-c2ccccc2)cc1. The molecule has 0 saturated carbocycles. The lowest BCUT2D eigenvalue weighted by Crippen LogP contribution is -2.34. The van der Waals surface area contributed by atoms with Crippen molar-refractivity contribution in [2.24, 2.45) is 0 Å². The summed E-state index contributed by atoms with van der Waals surface area (Å²) in [6, 6.07) is 25.3. The van der Waals surface area contributed by atoms with Crippen LogP contribution in [0.25, 0.3) is 11.1 Å². The Morgan fingerprint density at radius 1 is 0.824 bits per heavy atom. The van der Waals surface area contributed by atoms with Crippen LogP contribution in [-0.2, 0) is 0 Å². The highest BCUT2D eigenvalue weighted by Gasteiger charge is 2.13. The number of anilines is 2. The van der Waals surface area contributed by atoms with Gasteiger partial charge in [0.15, 0.2) is 10.9 Å². The maximum atomic E-state index is 12.7. The Kier molecular flexibility index (Phi) is 7.00. The molecule has 3 aromatic carbocycles. The molecule has 4 rings (SSSR count). The Hall–Kier alpha value is -4.43. The van der Waals surface area contributed by atoms with Crippen LogP contribution < -0.4 is 20.7 Å². The normalized spacial score (nSPS) is 10.3. The monoisotopic (exact) mass is 471 g/mol. The van der Waals surface area contributed by atoms with E-state index in [1.165, 1.54) is 13.4 Å². The fourth-order valence-electron chi connectivity index (χ4n) is 3.26. The number of thiocarbonyl (C=S) groups is 1. The molecule has 0 unspecified atom stereocenters. The first-order valence-electron chi connectivity index (χ1n) is 10.3. The molecule has 7 nitrogen and oxygen atoms in total. The topological polar surface area (TPSA) is 92.6 Å². The van der Waals surface area contributed by atoms with Gasteiger partial charge in [0.2, 0.25) is 0 Å². The van der Waals surface area contributed by atoms with Crippen LogP contribution in [0.2, 0.25) is 0 Å². The molecule has 2 amide bonds. The van der Waals surface area contributed by atoms with E-state index < -0.39 is 5.91 Å². The van der Waals surface area contributed by atoms with Crippen molar-refractivity contribution < 1.29 is 18.7 Å². The average molecular weight is 472 g/mol. The predicted molar refractivity (Wildman–Crippen MR) is 135 cm³/mol. The molecular weight excluding hydrogens is 450 g/mol. The molecule has 0 fully saturated rings. The molecule has 0 aliphatic rings. The summed E-state index contributed by atoms with van der Waals surface area (Å²) in [5.74, 6) is -0.0690. The molecular formula is C26H21N3O4S. The molecule has 8 heteroatoms. The summed E-state index contributed by atoms with van der Waals surface area (Å²) in [4.78, 5) is 24.9.